The van der Waals surface area contributed by atoms with Gasteiger partial charge < -0.3 is 9.88 Å². The quantitative estimate of drug-likeness (QED) is 0.870. The molecule has 0 atom stereocenters. The number of nitriles is 1. The lowest BCUT2D eigenvalue weighted by atomic mass is 10.2. The second-order valence-electron chi connectivity index (χ2n) is 3.95. The number of hydrogen-bond acceptors (Lipinski definition) is 3. The third kappa shape index (κ3) is 2.28. The van der Waals surface area contributed by atoms with E-state index < -0.39 is 0 Å². The van der Waals surface area contributed by atoms with Gasteiger partial charge in [0.25, 0.3) is 0 Å². The largest absolute Gasteiger partial charge is 0.366 e. The lowest BCUT2D eigenvalue weighted by Gasteiger charge is -2.16. The first-order chi connectivity index (χ1) is 8.22. The number of rotatable bonds is 4. The molecule has 2 aromatic rings. The molecule has 2 rings (SSSR count). The Kier molecular flexibility index (Phi) is 3.10. The first kappa shape index (κ1) is 11.2. The number of carbonyl (C=O) groups is 1. The van der Waals surface area contributed by atoms with E-state index >= 15 is 0 Å². The summed E-state index contributed by atoms with van der Waals surface area (Å²) in [6.45, 7) is 0.259. The van der Waals surface area contributed by atoms with Crippen LogP contribution in [0.25, 0.3) is 10.9 Å². The summed E-state index contributed by atoms with van der Waals surface area (Å²) in [5.74, 6) is -0.0692. The highest BCUT2D eigenvalue weighted by Gasteiger charge is 2.10. The molecule has 1 aromatic heterocycles. The van der Waals surface area contributed by atoms with Gasteiger partial charge in [-0.2, -0.15) is 5.26 Å². The smallest absolute Gasteiger partial charge is 0.166 e. The van der Waals surface area contributed by atoms with Gasteiger partial charge in [0, 0.05) is 24.1 Å². The number of aromatic nitrogens is 1. The number of aromatic amines is 1. The molecule has 86 valence electrons. The predicted octanol–water partition coefficient (Wildman–Crippen LogP) is 2.09. The van der Waals surface area contributed by atoms with Gasteiger partial charge in [-0.3, -0.25) is 4.79 Å². The van der Waals surface area contributed by atoms with E-state index in [1.807, 2.05) is 48.5 Å². The number of likely N-dealkylation sites (N-methyl/N-ethyl adjacent to an activating group) is 1. The molecular formula is C13H13N3O. The van der Waals surface area contributed by atoms with Crippen LogP contribution in [0, 0.1) is 11.3 Å². The Morgan fingerprint density at radius 2 is 2.24 bits per heavy atom. The topological polar surface area (TPSA) is 59.9 Å². The number of hydrogen-bond donors (Lipinski definition) is 1. The van der Waals surface area contributed by atoms with Crippen LogP contribution in [0.15, 0.2) is 30.5 Å². The maximum atomic E-state index is 11.4. The van der Waals surface area contributed by atoms with Crippen LogP contribution in [0.2, 0.25) is 0 Å². The molecular weight excluding hydrogens is 214 g/mol. The zero-order valence-electron chi connectivity index (χ0n) is 9.60. The number of fused-ring (bicyclic) bond motifs is 1. The van der Waals surface area contributed by atoms with E-state index in [2.05, 4.69) is 4.98 Å². The van der Waals surface area contributed by atoms with Crippen molar-refractivity contribution in [2.75, 3.05) is 18.5 Å². The molecule has 0 aliphatic rings. The van der Waals surface area contributed by atoms with Crippen molar-refractivity contribution in [3.63, 3.8) is 0 Å². The monoisotopic (exact) mass is 227 g/mol. The van der Waals surface area contributed by atoms with Gasteiger partial charge in [-0.25, -0.2) is 0 Å². The summed E-state index contributed by atoms with van der Waals surface area (Å²) in [4.78, 5) is 16.4. The molecule has 17 heavy (non-hydrogen) atoms. The number of anilines is 1. The van der Waals surface area contributed by atoms with E-state index in [0.29, 0.717) is 0 Å². The van der Waals surface area contributed by atoms with Gasteiger partial charge in [0.1, 0.15) is 0 Å². The third-order valence-electron chi connectivity index (χ3n) is 2.67. The van der Waals surface area contributed by atoms with Gasteiger partial charge in [0.15, 0.2) is 5.78 Å². The normalized spacial score (nSPS) is 10.1. The summed E-state index contributed by atoms with van der Waals surface area (Å²) >= 11 is 0. The van der Waals surface area contributed by atoms with Crippen LogP contribution < -0.4 is 4.90 Å². The van der Waals surface area contributed by atoms with Gasteiger partial charge in [-0.1, -0.05) is 18.2 Å². The Hall–Kier alpha value is -2.28. The molecule has 0 spiro atoms. The molecule has 0 aliphatic carbocycles. The second kappa shape index (κ2) is 4.71. The number of ketones is 1. The lowest BCUT2D eigenvalue weighted by Crippen LogP contribution is -2.24. The molecule has 0 amide bonds. The fraction of sp³-hybridized carbons (Fsp3) is 0.231. The van der Waals surface area contributed by atoms with E-state index in [9.17, 15) is 4.79 Å². The molecule has 0 saturated heterocycles. The number of H-pyrrole nitrogens is 1. The Bertz CT molecular complexity index is 580. The molecule has 0 unspecified atom stereocenters. The Morgan fingerprint density at radius 3 is 3.00 bits per heavy atom. The van der Waals surface area contributed by atoms with E-state index in [4.69, 9.17) is 5.26 Å². The summed E-state index contributed by atoms with van der Waals surface area (Å²) in [7, 11) is 1.85. The SMILES string of the molecule is CN(CC(=O)CC#N)c1c[nH]c2ccccc12. The van der Waals surface area contributed by atoms with E-state index in [1.54, 1.807) is 0 Å². The highest BCUT2D eigenvalue weighted by atomic mass is 16.1. The first-order valence-corrected chi connectivity index (χ1v) is 5.38. The fourth-order valence-electron chi connectivity index (χ4n) is 1.87. The van der Waals surface area contributed by atoms with E-state index in [0.717, 1.165) is 16.6 Å². The summed E-state index contributed by atoms with van der Waals surface area (Å²) in [6.07, 6.45) is 1.84. The van der Waals surface area contributed by atoms with Gasteiger partial charge in [0.05, 0.1) is 24.7 Å². The number of carbonyl (C=O) groups excluding carboxylic acids is 1. The lowest BCUT2D eigenvalue weighted by molar-refractivity contribution is -0.116. The Labute approximate surface area is 99.5 Å². The van der Waals surface area contributed by atoms with Gasteiger partial charge in [0.2, 0.25) is 0 Å². The molecule has 4 heteroatoms. The van der Waals surface area contributed by atoms with Crippen molar-refractivity contribution in [2.45, 2.75) is 6.42 Å². The van der Waals surface area contributed by atoms with Gasteiger partial charge in [-0.05, 0) is 6.07 Å². The van der Waals surface area contributed by atoms with Gasteiger partial charge in [-0.15, -0.1) is 0 Å². The maximum absolute atomic E-state index is 11.4. The minimum atomic E-state index is -0.0692. The number of para-hydroxylation sites is 1. The molecule has 0 radical (unpaired) electrons. The minimum Gasteiger partial charge on any atom is -0.366 e. The molecule has 1 heterocycles. The average molecular weight is 227 g/mol. The standard InChI is InChI=1S/C13H13N3O/c1-16(9-10(17)6-7-14)13-8-15-12-5-3-2-4-11(12)13/h2-5,8,15H,6,9H2,1H3. The molecule has 0 bridgehead atoms. The van der Waals surface area contributed by atoms with Gasteiger partial charge >= 0.3 is 0 Å². The van der Waals surface area contributed by atoms with Crippen LogP contribution >= 0.6 is 0 Å². The van der Waals surface area contributed by atoms with Crippen molar-refractivity contribution in [3.05, 3.63) is 30.5 Å². The number of nitrogens with zero attached hydrogens (tertiary/aromatic N) is 2. The Morgan fingerprint density at radius 1 is 1.47 bits per heavy atom. The number of Topliss-reactive ketones (excluding diaryl/α,β-unsaturated/α-hetero) is 1. The van der Waals surface area contributed by atoms with E-state index in [1.165, 1.54) is 0 Å². The van der Waals surface area contributed by atoms with Crippen molar-refractivity contribution in [1.82, 2.24) is 4.98 Å². The van der Waals surface area contributed by atoms with Crippen LogP contribution in [0.5, 0.6) is 0 Å². The zero-order chi connectivity index (χ0) is 12.3. The van der Waals surface area contributed by atoms with Crippen molar-refractivity contribution in [2.24, 2.45) is 0 Å². The molecule has 1 N–H and O–H groups in total. The fourth-order valence-corrected chi connectivity index (χ4v) is 1.87. The number of benzene rings is 1. The maximum Gasteiger partial charge on any atom is 0.166 e. The van der Waals surface area contributed by atoms with Crippen LogP contribution in [0.4, 0.5) is 5.69 Å². The molecule has 1 aromatic carbocycles. The first-order valence-electron chi connectivity index (χ1n) is 5.38. The van der Waals surface area contributed by atoms with Crippen LogP contribution in [0.1, 0.15) is 6.42 Å². The summed E-state index contributed by atoms with van der Waals surface area (Å²) in [5, 5.41) is 9.54. The van der Waals surface area contributed by atoms with E-state index in [-0.39, 0.29) is 18.7 Å². The van der Waals surface area contributed by atoms with Crippen molar-refractivity contribution >= 4 is 22.4 Å². The highest BCUT2D eigenvalue weighted by molar-refractivity contribution is 5.95. The van der Waals surface area contributed by atoms with Crippen LogP contribution in [-0.2, 0) is 4.79 Å². The van der Waals surface area contributed by atoms with Crippen LogP contribution in [-0.4, -0.2) is 24.4 Å². The average Bonchev–Trinajstić information content (AvgIpc) is 2.72. The summed E-state index contributed by atoms with van der Waals surface area (Å²) in [5.41, 5.74) is 2.02. The summed E-state index contributed by atoms with van der Waals surface area (Å²) < 4.78 is 0. The zero-order valence-corrected chi connectivity index (χ0v) is 9.60. The predicted molar refractivity (Wildman–Crippen MR) is 66.8 cm³/mol. The molecule has 0 aliphatic heterocycles. The van der Waals surface area contributed by atoms with Crippen molar-refractivity contribution < 1.29 is 4.79 Å². The molecule has 0 fully saturated rings. The third-order valence-corrected chi connectivity index (χ3v) is 2.67. The van der Waals surface area contributed by atoms with Crippen LogP contribution in [0.3, 0.4) is 0 Å². The second-order valence-corrected chi connectivity index (χ2v) is 3.95. The number of nitrogens with one attached hydrogen (secondary N) is 1. The molecule has 0 saturated carbocycles. The minimum absolute atomic E-state index is 0.0350. The summed E-state index contributed by atoms with van der Waals surface area (Å²) in [6, 6.07) is 9.79. The van der Waals surface area contributed by atoms with Crippen molar-refractivity contribution in [3.8, 4) is 6.07 Å². The van der Waals surface area contributed by atoms with Crippen molar-refractivity contribution in [1.29, 1.82) is 5.26 Å². The Balaban J connectivity index is 2.22. The molecule has 4 nitrogen and oxygen atoms in total. The highest BCUT2D eigenvalue weighted by Crippen LogP contribution is 2.25.